The van der Waals surface area contributed by atoms with Crippen LogP contribution in [-0.2, 0) is 23.8 Å². The number of anilines is 1. The monoisotopic (exact) mass is 439 g/mol. The molecule has 0 radical (unpaired) electrons. The number of nitrogens with zero attached hydrogens (tertiary/aromatic N) is 1. The minimum atomic E-state index is -4.48. The Kier molecular flexibility index (Phi) is 5.68. The maximum atomic E-state index is 13.1. The number of rotatable bonds is 4. The van der Waals surface area contributed by atoms with Crippen molar-refractivity contribution < 1.29 is 27.4 Å². The molecule has 0 bridgehead atoms. The molecule has 0 spiro atoms. The molecule has 1 fully saturated rings. The molecule has 2 aromatic carbocycles. The third kappa shape index (κ3) is 4.14. The molecule has 2 aliphatic rings. The van der Waals surface area contributed by atoms with Crippen molar-refractivity contribution in [3.63, 3.8) is 0 Å². The maximum Gasteiger partial charge on any atom is 0.416 e. The number of carbonyl (C=O) groups is 1. The summed E-state index contributed by atoms with van der Waals surface area (Å²) in [6, 6.07) is 7.18. The molecule has 1 unspecified atom stereocenters. The normalized spacial score (nSPS) is 19.2. The molecule has 0 N–H and O–H groups in total. The average molecular weight is 440 g/mol. The number of hydrogen-bond acceptors (Lipinski definition) is 4. The predicted molar refractivity (Wildman–Crippen MR) is 108 cm³/mol. The zero-order chi connectivity index (χ0) is 21.5. The lowest BCUT2D eigenvalue weighted by Gasteiger charge is -2.30. The lowest BCUT2D eigenvalue weighted by Crippen LogP contribution is -2.36. The molecule has 1 aliphatic heterocycles. The summed E-state index contributed by atoms with van der Waals surface area (Å²) >= 11 is 5.90. The summed E-state index contributed by atoms with van der Waals surface area (Å²) in [5.74, 6) is 0.112. The first-order chi connectivity index (χ1) is 14.3. The van der Waals surface area contributed by atoms with E-state index in [1.807, 2.05) is 6.07 Å². The number of methoxy groups -OCH3 is 1. The van der Waals surface area contributed by atoms with Crippen LogP contribution in [0, 0.1) is 5.92 Å². The second kappa shape index (κ2) is 8.12. The van der Waals surface area contributed by atoms with Crippen LogP contribution in [0.4, 0.5) is 18.9 Å². The molecule has 4 rings (SSSR count). The number of ketones is 1. The van der Waals surface area contributed by atoms with Gasteiger partial charge in [0.1, 0.15) is 5.75 Å². The second-order valence-electron chi connectivity index (χ2n) is 7.60. The topological polar surface area (TPSA) is 38.8 Å². The number of morpholine rings is 1. The lowest BCUT2D eigenvalue weighted by molar-refractivity contribution is -0.137. The summed E-state index contributed by atoms with van der Waals surface area (Å²) in [6.07, 6.45) is -3.81. The van der Waals surface area contributed by atoms with E-state index < -0.39 is 17.7 Å². The molecule has 160 valence electrons. The van der Waals surface area contributed by atoms with Gasteiger partial charge in [0.25, 0.3) is 0 Å². The molecule has 1 saturated heterocycles. The van der Waals surface area contributed by atoms with Crippen LogP contribution < -0.4 is 9.64 Å². The molecular weight excluding hydrogens is 419 g/mol. The highest BCUT2D eigenvalue weighted by Gasteiger charge is 2.34. The summed E-state index contributed by atoms with van der Waals surface area (Å²) in [4.78, 5) is 15.1. The zero-order valence-electron chi connectivity index (χ0n) is 16.4. The third-order valence-electron chi connectivity index (χ3n) is 5.63. The van der Waals surface area contributed by atoms with E-state index in [0.29, 0.717) is 36.5 Å². The third-order valence-corrected chi connectivity index (χ3v) is 5.84. The number of fused-ring (bicyclic) bond motifs is 1. The number of alkyl halides is 3. The number of carbonyl (C=O) groups excluding carboxylic acids is 1. The number of benzene rings is 2. The van der Waals surface area contributed by atoms with Crippen LogP contribution in [0.25, 0.3) is 0 Å². The highest BCUT2D eigenvalue weighted by Crippen LogP contribution is 2.39. The van der Waals surface area contributed by atoms with Gasteiger partial charge in [-0.05, 0) is 54.3 Å². The molecule has 0 amide bonds. The molecule has 30 heavy (non-hydrogen) atoms. The summed E-state index contributed by atoms with van der Waals surface area (Å²) in [7, 11) is 1.56. The fraction of sp³-hybridized carbons (Fsp3) is 0.409. The Balaban J connectivity index is 1.60. The first-order valence-electron chi connectivity index (χ1n) is 9.70. The minimum absolute atomic E-state index is 0.0130. The van der Waals surface area contributed by atoms with Gasteiger partial charge in [0.15, 0.2) is 5.78 Å². The first-order valence-corrected chi connectivity index (χ1v) is 10.1. The summed E-state index contributed by atoms with van der Waals surface area (Å²) in [5.41, 5.74) is 1.98. The summed E-state index contributed by atoms with van der Waals surface area (Å²) < 4.78 is 50.2. The number of halogens is 4. The Morgan fingerprint density at radius 2 is 1.90 bits per heavy atom. The molecular formula is C22H21ClF3NO3. The number of ether oxygens (including phenoxy) is 2. The van der Waals surface area contributed by atoms with E-state index in [-0.39, 0.29) is 17.2 Å². The molecule has 1 atom stereocenters. The largest absolute Gasteiger partial charge is 0.495 e. The van der Waals surface area contributed by atoms with Crippen LogP contribution in [0.3, 0.4) is 0 Å². The van der Waals surface area contributed by atoms with Gasteiger partial charge in [0.2, 0.25) is 0 Å². The molecule has 2 aromatic rings. The quantitative estimate of drug-likeness (QED) is 0.686. The van der Waals surface area contributed by atoms with Crippen molar-refractivity contribution in [2.24, 2.45) is 5.92 Å². The van der Waals surface area contributed by atoms with E-state index in [0.717, 1.165) is 36.5 Å². The van der Waals surface area contributed by atoms with Crippen molar-refractivity contribution in [2.75, 3.05) is 38.3 Å². The maximum absolute atomic E-state index is 13.1. The Morgan fingerprint density at radius 3 is 2.57 bits per heavy atom. The SMILES string of the molecule is COc1cc2c(cc1N1CCOCC1)CC(Cc1cc(Cl)cc(C(F)(F)F)c1)C2=O. The van der Waals surface area contributed by atoms with E-state index in [9.17, 15) is 18.0 Å². The average Bonchev–Trinajstić information content (AvgIpc) is 3.01. The van der Waals surface area contributed by atoms with Crippen molar-refractivity contribution in [1.82, 2.24) is 0 Å². The van der Waals surface area contributed by atoms with E-state index >= 15 is 0 Å². The summed E-state index contributed by atoms with van der Waals surface area (Å²) in [6.45, 7) is 2.71. The Labute approximate surface area is 177 Å². The fourth-order valence-corrected chi connectivity index (χ4v) is 4.44. The molecule has 1 heterocycles. The van der Waals surface area contributed by atoms with Crippen LogP contribution in [-0.4, -0.2) is 39.2 Å². The molecule has 0 aromatic heterocycles. The standard InChI is InChI=1S/C22H21ClF3NO3/c1-29-20-12-18-14(10-19(20)27-2-4-30-5-3-27)9-15(21(18)28)6-13-7-16(22(24,25)26)11-17(23)8-13/h7-8,10-12,15H,2-6,9H2,1H3. The Hall–Kier alpha value is -2.25. The molecule has 4 nitrogen and oxygen atoms in total. The van der Waals surface area contributed by atoms with Crippen molar-refractivity contribution in [1.29, 1.82) is 0 Å². The van der Waals surface area contributed by atoms with E-state index in [2.05, 4.69) is 4.90 Å². The van der Waals surface area contributed by atoms with Crippen LogP contribution in [0.15, 0.2) is 30.3 Å². The van der Waals surface area contributed by atoms with Crippen molar-refractivity contribution >= 4 is 23.1 Å². The van der Waals surface area contributed by atoms with Crippen molar-refractivity contribution in [3.05, 3.63) is 57.6 Å². The zero-order valence-corrected chi connectivity index (χ0v) is 17.1. The van der Waals surface area contributed by atoms with Crippen molar-refractivity contribution in [3.8, 4) is 5.75 Å². The number of hydrogen-bond donors (Lipinski definition) is 0. The highest BCUT2D eigenvalue weighted by atomic mass is 35.5. The number of Topliss-reactive ketones (excluding diaryl/α,β-unsaturated/α-hetero) is 1. The van der Waals surface area contributed by atoms with Gasteiger partial charge in [-0.3, -0.25) is 4.79 Å². The van der Waals surface area contributed by atoms with Gasteiger partial charge >= 0.3 is 6.18 Å². The van der Waals surface area contributed by atoms with Gasteiger partial charge in [-0.15, -0.1) is 0 Å². The van der Waals surface area contributed by atoms with Gasteiger partial charge in [-0.25, -0.2) is 0 Å². The van der Waals surface area contributed by atoms with E-state index in [4.69, 9.17) is 21.1 Å². The second-order valence-corrected chi connectivity index (χ2v) is 8.03. The highest BCUT2D eigenvalue weighted by molar-refractivity contribution is 6.30. The van der Waals surface area contributed by atoms with Gasteiger partial charge in [0.05, 0.1) is 31.6 Å². The predicted octanol–water partition coefficient (Wildman–Crippen LogP) is 4.80. The van der Waals surface area contributed by atoms with E-state index in [1.165, 1.54) is 6.07 Å². The van der Waals surface area contributed by atoms with Crippen molar-refractivity contribution in [2.45, 2.75) is 19.0 Å². The Morgan fingerprint density at radius 1 is 1.17 bits per heavy atom. The van der Waals surface area contributed by atoms with Gasteiger partial charge < -0.3 is 14.4 Å². The Bertz CT molecular complexity index is 971. The summed E-state index contributed by atoms with van der Waals surface area (Å²) in [5, 5.41) is 0.0130. The van der Waals surface area contributed by atoms with Gasteiger partial charge in [-0.2, -0.15) is 13.2 Å². The van der Waals surface area contributed by atoms with Gasteiger partial charge in [0, 0.05) is 29.6 Å². The fourth-order valence-electron chi connectivity index (χ4n) is 4.18. The van der Waals surface area contributed by atoms with Gasteiger partial charge in [-0.1, -0.05) is 11.6 Å². The van der Waals surface area contributed by atoms with Crippen LogP contribution >= 0.6 is 11.6 Å². The van der Waals surface area contributed by atoms with Crippen LogP contribution in [0.5, 0.6) is 5.75 Å². The smallest absolute Gasteiger partial charge is 0.416 e. The van der Waals surface area contributed by atoms with Crippen LogP contribution in [0.1, 0.15) is 27.0 Å². The molecule has 0 saturated carbocycles. The van der Waals surface area contributed by atoms with Crippen LogP contribution in [0.2, 0.25) is 5.02 Å². The first kappa shape index (κ1) is 21.0. The lowest BCUT2D eigenvalue weighted by atomic mass is 9.94. The molecule has 8 heteroatoms. The minimum Gasteiger partial charge on any atom is -0.495 e. The van der Waals surface area contributed by atoms with E-state index in [1.54, 1.807) is 13.2 Å². The molecule has 1 aliphatic carbocycles.